The van der Waals surface area contributed by atoms with E-state index in [9.17, 15) is 0 Å². The van der Waals surface area contributed by atoms with Crippen LogP contribution in [0.2, 0.25) is 0 Å². The van der Waals surface area contributed by atoms with E-state index in [4.69, 9.17) is 4.99 Å². The number of thiazole rings is 1. The van der Waals surface area contributed by atoms with Gasteiger partial charge in [0.2, 0.25) is 0 Å². The van der Waals surface area contributed by atoms with Crippen molar-refractivity contribution in [2.75, 3.05) is 13.1 Å². The third-order valence-corrected chi connectivity index (χ3v) is 5.57. The molecule has 6 heteroatoms. The van der Waals surface area contributed by atoms with E-state index in [1.54, 1.807) is 11.3 Å². The Morgan fingerprint density at radius 1 is 1.33 bits per heavy atom. The summed E-state index contributed by atoms with van der Waals surface area (Å²) in [5.41, 5.74) is 1.12. The predicted octanol–water partition coefficient (Wildman–Crippen LogP) is 3.94. The fourth-order valence-corrected chi connectivity index (χ4v) is 4.28. The third-order valence-electron chi connectivity index (χ3n) is 3.52. The summed E-state index contributed by atoms with van der Waals surface area (Å²) in [7, 11) is 0. The van der Waals surface area contributed by atoms with E-state index >= 15 is 0 Å². The highest BCUT2D eigenvalue weighted by Crippen LogP contribution is 2.16. The first kappa shape index (κ1) is 18.9. The summed E-state index contributed by atoms with van der Waals surface area (Å²) < 4.78 is 0. The minimum atomic E-state index is 0.363. The summed E-state index contributed by atoms with van der Waals surface area (Å²) in [4.78, 5) is 12.0. The monoisotopic (exact) mass is 364 g/mol. The molecule has 0 saturated carbocycles. The van der Waals surface area contributed by atoms with Gasteiger partial charge in [-0.1, -0.05) is 0 Å². The zero-order valence-corrected chi connectivity index (χ0v) is 16.7. The van der Waals surface area contributed by atoms with Gasteiger partial charge in [0, 0.05) is 52.8 Å². The van der Waals surface area contributed by atoms with Crippen LogP contribution in [0.15, 0.2) is 22.5 Å². The van der Waals surface area contributed by atoms with Crippen LogP contribution in [0.25, 0.3) is 0 Å². The smallest absolute Gasteiger partial charge is 0.191 e. The SMILES string of the molecule is CCNC(=NCCCc1nc(C)cs1)NC(C)Cc1ccc(C)s1. The molecule has 1 unspecified atom stereocenters. The highest BCUT2D eigenvalue weighted by Gasteiger charge is 2.07. The van der Waals surface area contributed by atoms with E-state index in [-0.39, 0.29) is 0 Å². The average molecular weight is 365 g/mol. The Kier molecular flexibility index (Phi) is 7.72. The van der Waals surface area contributed by atoms with E-state index in [1.165, 1.54) is 14.8 Å². The zero-order chi connectivity index (χ0) is 17.4. The predicted molar refractivity (Wildman–Crippen MR) is 107 cm³/mol. The first-order valence-electron chi connectivity index (χ1n) is 8.58. The minimum Gasteiger partial charge on any atom is -0.357 e. The molecular weight excluding hydrogens is 336 g/mol. The van der Waals surface area contributed by atoms with Gasteiger partial charge < -0.3 is 10.6 Å². The van der Waals surface area contributed by atoms with Crippen molar-refractivity contribution in [3.63, 3.8) is 0 Å². The number of rotatable bonds is 8. The van der Waals surface area contributed by atoms with Gasteiger partial charge in [-0.15, -0.1) is 22.7 Å². The van der Waals surface area contributed by atoms with Gasteiger partial charge in [-0.25, -0.2) is 4.98 Å². The molecule has 2 aromatic rings. The second kappa shape index (κ2) is 9.79. The van der Waals surface area contributed by atoms with Crippen molar-refractivity contribution < 1.29 is 0 Å². The molecule has 2 rings (SSSR count). The van der Waals surface area contributed by atoms with Crippen LogP contribution in [-0.2, 0) is 12.8 Å². The molecule has 0 aliphatic rings. The van der Waals surface area contributed by atoms with E-state index < -0.39 is 0 Å². The fourth-order valence-electron chi connectivity index (χ4n) is 2.44. The van der Waals surface area contributed by atoms with Gasteiger partial charge in [-0.3, -0.25) is 4.99 Å². The van der Waals surface area contributed by atoms with E-state index in [1.807, 2.05) is 18.3 Å². The first-order chi connectivity index (χ1) is 11.6. The van der Waals surface area contributed by atoms with Gasteiger partial charge in [0.1, 0.15) is 0 Å². The maximum Gasteiger partial charge on any atom is 0.191 e. The van der Waals surface area contributed by atoms with Gasteiger partial charge in [-0.05, 0) is 46.2 Å². The summed E-state index contributed by atoms with van der Waals surface area (Å²) in [6, 6.07) is 4.77. The van der Waals surface area contributed by atoms with Gasteiger partial charge in [0.15, 0.2) is 5.96 Å². The normalized spacial score (nSPS) is 13.1. The molecule has 2 aromatic heterocycles. The standard InChI is InChI=1S/C18H28N4S2/c1-5-19-18(20-10-6-7-17-21-14(3)12-23-17)22-13(2)11-16-9-8-15(4)24-16/h8-9,12-13H,5-7,10-11H2,1-4H3,(H2,19,20,22). The number of nitrogens with one attached hydrogen (secondary N) is 2. The molecule has 0 fully saturated rings. The molecule has 0 spiro atoms. The Morgan fingerprint density at radius 2 is 2.17 bits per heavy atom. The van der Waals surface area contributed by atoms with Crippen molar-refractivity contribution >= 4 is 28.6 Å². The van der Waals surface area contributed by atoms with Crippen molar-refractivity contribution in [2.24, 2.45) is 4.99 Å². The number of hydrogen-bond donors (Lipinski definition) is 2. The Labute approximate surface area is 153 Å². The molecule has 0 aliphatic heterocycles. The molecule has 2 heterocycles. The molecule has 4 nitrogen and oxygen atoms in total. The number of nitrogens with zero attached hydrogens (tertiary/aromatic N) is 2. The van der Waals surface area contributed by atoms with Crippen LogP contribution in [0.1, 0.15) is 40.7 Å². The van der Waals surface area contributed by atoms with Crippen LogP contribution in [0.4, 0.5) is 0 Å². The van der Waals surface area contributed by atoms with Gasteiger partial charge in [-0.2, -0.15) is 0 Å². The van der Waals surface area contributed by atoms with Gasteiger partial charge in [0.05, 0.1) is 5.01 Å². The summed E-state index contributed by atoms with van der Waals surface area (Å²) in [5.74, 6) is 0.911. The Bertz CT molecular complexity index is 645. The van der Waals surface area contributed by atoms with Crippen molar-refractivity contribution in [1.29, 1.82) is 0 Å². The third kappa shape index (κ3) is 6.61. The lowest BCUT2D eigenvalue weighted by molar-refractivity contribution is 0.644. The molecule has 132 valence electrons. The second-order valence-corrected chi connectivity index (χ2v) is 8.32. The van der Waals surface area contributed by atoms with E-state index in [0.29, 0.717) is 6.04 Å². The minimum absolute atomic E-state index is 0.363. The Hall–Kier alpha value is -1.40. The maximum atomic E-state index is 4.70. The van der Waals surface area contributed by atoms with Crippen LogP contribution in [0.5, 0.6) is 0 Å². The second-order valence-electron chi connectivity index (χ2n) is 6.01. The van der Waals surface area contributed by atoms with Crippen molar-refractivity contribution in [1.82, 2.24) is 15.6 Å². The number of guanidine groups is 1. The lowest BCUT2D eigenvalue weighted by Gasteiger charge is -2.17. The average Bonchev–Trinajstić information content (AvgIpc) is 3.12. The lowest BCUT2D eigenvalue weighted by atomic mass is 10.2. The molecule has 0 bridgehead atoms. The Balaban J connectivity index is 1.78. The molecule has 24 heavy (non-hydrogen) atoms. The molecule has 0 aromatic carbocycles. The largest absolute Gasteiger partial charge is 0.357 e. The molecule has 2 N–H and O–H groups in total. The van der Waals surface area contributed by atoms with Crippen molar-refractivity contribution in [2.45, 2.75) is 53.0 Å². The topological polar surface area (TPSA) is 49.3 Å². The number of aliphatic imine (C=N–C) groups is 1. The fraction of sp³-hybridized carbons (Fsp3) is 0.556. The number of aromatic nitrogens is 1. The van der Waals surface area contributed by atoms with Gasteiger partial charge in [0.25, 0.3) is 0 Å². The van der Waals surface area contributed by atoms with Crippen LogP contribution < -0.4 is 10.6 Å². The summed E-state index contributed by atoms with van der Waals surface area (Å²) in [5, 5.41) is 10.2. The van der Waals surface area contributed by atoms with Crippen LogP contribution in [0, 0.1) is 13.8 Å². The van der Waals surface area contributed by atoms with E-state index in [2.05, 4.69) is 53.9 Å². The first-order valence-corrected chi connectivity index (χ1v) is 10.3. The zero-order valence-electron chi connectivity index (χ0n) is 15.1. The molecule has 0 aliphatic carbocycles. The Morgan fingerprint density at radius 3 is 2.79 bits per heavy atom. The van der Waals surface area contributed by atoms with Crippen molar-refractivity contribution in [3.8, 4) is 0 Å². The molecule has 1 atom stereocenters. The molecular formula is C18H28N4S2. The summed E-state index contributed by atoms with van der Waals surface area (Å²) in [6.07, 6.45) is 3.06. The van der Waals surface area contributed by atoms with Crippen LogP contribution in [0.3, 0.4) is 0 Å². The molecule has 0 radical (unpaired) electrons. The lowest BCUT2D eigenvalue weighted by Crippen LogP contribution is -2.43. The molecule has 0 amide bonds. The van der Waals surface area contributed by atoms with Crippen molar-refractivity contribution in [3.05, 3.63) is 38.0 Å². The highest BCUT2D eigenvalue weighted by molar-refractivity contribution is 7.11. The summed E-state index contributed by atoms with van der Waals surface area (Å²) in [6.45, 7) is 10.2. The van der Waals surface area contributed by atoms with Crippen LogP contribution in [-0.4, -0.2) is 30.1 Å². The molecule has 0 saturated heterocycles. The van der Waals surface area contributed by atoms with E-state index in [0.717, 1.165) is 44.0 Å². The quantitative estimate of drug-likeness (QED) is 0.424. The number of hydrogen-bond acceptors (Lipinski definition) is 4. The number of thiophene rings is 1. The van der Waals surface area contributed by atoms with Crippen LogP contribution >= 0.6 is 22.7 Å². The highest BCUT2D eigenvalue weighted by atomic mass is 32.1. The summed E-state index contributed by atoms with van der Waals surface area (Å²) >= 11 is 3.61. The maximum absolute atomic E-state index is 4.70. The van der Waals surface area contributed by atoms with Gasteiger partial charge >= 0.3 is 0 Å². The number of aryl methyl sites for hydroxylation is 3.